The van der Waals surface area contributed by atoms with Crippen molar-refractivity contribution in [3.63, 3.8) is 0 Å². The van der Waals surface area contributed by atoms with Gasteiger partial charge in [0.05, 0.1) is 0 Å². The van der Waals surface area contributed by atoms with Gasteiger partial charge in [-0.15, -0.1) is 5.10 Å². The van der Waals surface area contributed by atoms with Gasteiger partial charge in [-0.2, -0.15) is 0 Å². The van der Waals surface area contributed by atoms with Crippen LogP contribution in [-0.4, -0.2) is 20.5 Å². The highest BCUT2D eigenvalue weighted by atomic mass is 32.2. The number of aromatic nitrogens is 3. The van der Waals surface area contributed by atoms with Gasteiger partial charge in [-0.1, -0.05) is 12.1 Å². The number of ketones is 1. The van der Waals surface area contributed by atoms with E-state index in [4.69, 9.17) is 0 Å². The van der Waals surface area contributed by atoms with Crippen LogP contribution in [-0.2, 0) is 0 Å². The van der Waals surface area contributed by atoms with Gasteiger partial charge in [-0.3, -0.25) is 9.36 Å². The van der Waals surface area contributed by atoms with Gasteiger partial charge < -0.3 is 0 Å². The largest absolute Gasteiger partial charge is 0.344 e. The standard InChI is InChI=1S/C13H15N3O2S/c1-8(2)16-12(18)14-15-13(16)19-11-6-4-10(5-7-11)9(3)17/h4-8H,1-3H3,(H,14,18). The lowest BCUT2D eigenvalue weighted by Crippen LogP contribution is -2.19. The van der Waals surface area contributed by atoms with Crippen LogP contribution in [0.3, 0.4) is 0 Å². The molecule has 6 heteroatoms. The van der Waals surface area contributed by atoms with Crippen LogP contribution in [0.4, 0.5) is 0 Å². The SMILES string of the molecule is CC(=O)c1ccc(Sc2n[nH]c(=O)n2C(C)C)cc1. The molecule has 0 aliphatic rings. The number of Topliss-reactive ketones (excluding diaryl/α,β-unsaturated/α-hetero) is 1. The highest BCUT2D eigenvalue weighted by Crippen LogP contribution is 2.26. The minimum Gasteiger partial charge on any atom is -0.295 e. The minimum absolute atomic E-state index is 0.0374. The summed E-state index contributed by atoms with van der Waals surface area (Å²) in [7, 11) is 0. The molecule has 5 nitrogen and oxygen atoms in total. The third kappa shape index (κ3) is 2.96. The molecular formula is C13H15N3O2S. The number of rotatable bonds is 4. The van der Waals surface area contributed by atoms with Crippen LogP contribution in [0.5, 0.6) is 0 Å². The van der Waals surface area contributed by atoms with Gasteiger partial charge in [0, 0.05) is 16.5 Å². The van der Waals surface area contributed by atoms with Crippen LogP contribution < -0.4 is 5.69 Å². The lowest BCUT2D eigenvalue weighted by molar-refractivity contribution is 0.101. The van der Waals surface area contributed by atoms with E-state index in [0.29, 0.717) is 10.7 Å². The fraction of sp³-hybridized carbons (Fsp3) is 0.308. The Bertz CT molecular complexity index is 641. The van der Waals surface area contributed by atoms with Gasteiger partial charge >= 0.3 is 5.69 Å². The first-order valence-corrected chi connectivity index (χ1v) is 6.76. The highest BCUT2D eigenvalue weighted by molar-refractivity contribution is 7.99. The van der Waals surface area contributed by atoms with Crippen LogP contribution in [0.15, 0.2) is 39.1 Å². The molecule has 100 valence electrons. The maximum absolute atomic E-state index is 11.6. The lowest BCUT2D eigenvalue weighted by atomic mass is 10.2. The van der Waals surface area contributed by atoms with Crippen molar-refractivity contribution in [1.29, 1.82) is 0 Å². The second kappa shape index (κ2) is 5.44. The molecule has 1 aromatic heterocycles. The van der Waals surface area contributed by atoms with Crippen molar-refractivity contribution < 1.29 is 4.79 Å². The van der Waals surface area contributed by atoms with E-state index >= 15 is 0 Å². The Labute approximate surface area is 115 Å². The first-order valence-electron chi connectivity index (χ1n) is 5.95. The van der Waals surface area contributed by atoms with E-state index in [2.05, 4.69) is 10.2 Å². The Balaban J connectivity index is 2.26. The summed E-state index contributed by atoms with van der Waals surface area (Å²) < 4.78 is 1.60. The van der Waals surface area contributed by atoms with E-state index in [1.165, 1.54) is 18.7 Å². The molecule has 0 bridgehead atoms. The number of hydrogen-bond acceptors (Lipinski definition) is 4. The Morgan fingerprint density at radius 2 is 1.95 bits per heavy atom. The Morgan fingerprint density at radius 3 is 2.47 bits per heavy atom. The molecule has 0 radical (unpaired) electrons. The maximum atomic E-state index is 11.6. The van der Waals surface area contributed by atoms with Crippen molar-refractivity contribution >= 4 is 17.5 Å². The molecule has 2 rings (SSSR count). The predicted molar refractivity (Wildman–Crippen MR) is 73.8 cm³/mol. The van der Waals surface area contributed by atoms with Crippen molar-refractivity contribution in [1.82, 2.24) is 14.8 Å². The normalized spacial score (nSPS) is 10.9. The number of carbonyl (C=O) groups is 1. The first-order chi connectivity index (χ1) is 8.99. The van der Waals surface area contributed by atoms with E-state index in [0.717, 1.165) is 4.90 Å². The molecule has 0 amide bonds. The number of hydrogen-bond donors (Lipinski definition) is 1. The highest BCUT2D eigenvalue weighted by Gasteiger charge is 2.12. The Morgan fingerprint density at radius 1 is 1.32 bits per heavy atom. The molecule has 2 aromatic rings. The van der Waals surface area contributed by atoms with Crippen molar-refractivity contribution in [3.8, 4) is 0 Å². The van der Waals surface area contributed by atoms with Gasteiger partial charge in [0.15, 0.2) is 10.9 Å². The van der Waals surface area contributed by atoms with E-state index in [-0.39, 0.29) is 17.5 Å². The molecular weight excluding hydrogens is 262 g/mol. The molecule has 0 saturated carbocycles. The van der Waals surface area contributed by atoms with Gasteiger partial charge in [0.2, 0.25) is 0 Å². The number of aromatic amines is 1. The molecule has 0 fully saturated rings. The van der Waals surface area contributed by atoms with E-state index in [1.54, 1.807) is 16.7 Å². The van der Waals surface area contributed by atoms with Crippen LogP contribution in [0.25, 0.3) is 0 Å². The van der Waals surface area contributed by atoms with Crippen LogP contribution in [0.1, 0.15) is 37.2 Å². The summed E-state index contributed by atoms with van der Waals surface area (Å²) in [5.41, 5.74) is 0.463. The van der Waals surface area contributed by atoms with Gasteiger partial charge in [-0.25, -0.2) is 9.89 Å². The third-order valence-electron chi connectivity index (χ3n) is 2.66. The molecule has 1 N–H and O–H groups in total. The van der Waals surface area contributed by atoms with Crippen molar-refractivity contribution in [3.05, 3.63) is 40.3 Å². The monoisotopic (exact) mass is 277 g/mol. The van der Waals surface area contributed by atoms with Crippen LogP contribution in [0.2, 0.25) is 0 Å². The Kier molecular flexibility index (Phi) is 3.90. The molecule has 1 aromatic carbocycles. The van der Waals surface area contributed by atoms with E-state index in [1.807, 2.05) is 26.0 Å². The quantitative estimate of drug-likeness (QED) is 0.872. The topological polar surface area (TPSA) is 67.8 Å². The predicted octanol–water partition coefficient (Wildman–Crippen LogP) is 2.51. The van der Waals surface area contributed by atoms with E-state index < -0.39 is 0 Å². The smallest absolute Gasteiger partial charge is 0.295 e. The molecule has 0 unspecified atom stereocenters. The number of benzene rings is 1. The van der Waals surface area contributed by atoms with Gasteiger partial charge in [-0.05, 0) is 44.7 Å². The van der Waals surface area contributed by atoms with E-state index in [9.17, 15) is 9.59 Å². The summed E-state index contributed by atoms with van der Waals surface area (Å²) in [5.74, 6) is 0.0374. The zero-order chi connectivity index (χ0) is 14.0. The summed E-state index contributed by atoms with van der Waals surface area (Å²) in [6.07, 6.45) is 0. The van der Waals surface area contributed by atoms with Crippen molar-refractivity contribution in [2.24, 2.45) is 0 Å². The molecule has 0 aliphatic heterocycles. The Hall–Kier alpha value is -1.82. The lowest BCUT2D eigenvalue weighted by Gasteiger charge is -2.08. The first kappa shape index (κ1) is 13.6. The van der Waals surface area contributed by atoms with Crippen LogP contribution in [0, 0.1) is 0 Å². The van der Waals surface area contributed by atoms with Gasteiger partial charge in [0.1, 0.15) is 0 Å². The number of nitrogens with zero attached hydrogens (tertiary/aromatic N) is 2. The third-order valence-corrected chi connectivity index (χ3v) is 3.64. The number of H-pyrrole nitrogens is 1. The molecule has 1 heterocycles. The van der Waals surface area contributed by atoms with Crippen LogP contribution >= 0.6 is 11.8 Å². The summed E-state index contributed by atoms with van der Waals surface area (Å²) in [6.45, 7) is 5.39. The van der Waals surface area contributed by atoms with Crippen molar-refractivity contribution in [2.75, 3.05) is 0 Å². The fourth-order valence-corrected chi connectivity index (χ4v) is 2.65. The fourth-order valence-electron chi connectivity index (χ4n) is 1.68. The summed E-state index contributed by atoms with van der Waals surface area (Å²) in [6, 6.07) is 7.30. The molecule has 0 aliphatic carbocycles. The average Bonchev–Trinajstić information content (AvgIpc) is 2.71. The number of carbonyl (C=O) groups excluding carboxylic acids is 1. The zero-order valence-electron chi connectivity index (χ0n) is 11.0. The second-order valence-corrected chi connectivity index (χ2v) is 5.50. The number of nitrogens with one attached hydrogen (secondary N) is 1. The molecule has 0 saturated heterocycles. The van der Waals surface area contributed by atoms with Crippen molar-refractivity contribution in [2.45, 2.75) is 36.9 Å². The summed E-state index contributed by atoms with van der Waals surface area (Å²) in [4.78, 5) is 23.7. The average molecular weight is 277 g/mol. The molecule has 19 heavy (non-hydrogen) atoms. The molecule has 0 spiro atoms. The molecule has 0 atom stereocenters. The summed E-state index contributed by atoms with van der Waals surface area (Å²) >= 11 is 1.39. The minimum atomic E-state index is -0.210. The van der Waals surface area contributed by atoms with Gasteiger partial charge in [0.25, 0.3) is 0 Å². The maximum Gasteiger partial charge on any atom is 0.344 e. The second-order valence-electron chi connectivity index (χ2n) is 4.46. The summed E-state index contributed by atoms with van der Waals surface area (Å²) in [5, 5.41) is 7.08. The zero-order valence-corrected chi connectivity index (χ0v) is 11.8.